The van der Waals surface area contributed by atoms with Crippen LogP contribution in [0.15, 0.2) is 82.6 Å². The van der Waals surface area contributed by atoms with Crippen molar-refractivity contribution in [2.24, 2.45) is 0 Å². The molecule has 0 spiro atoms. The predicted molar refractivity (Wildman–Crippen MR) is 98.5 cm³/mol. The SMILES string of the molecule is CC(=O)c1ccccc1-c1ccc(S(=O)(=O)c2ccc(C)cc2)cc1. The van der Waals surface area contributed by atoms with E-state index in [0.717, 1.165) is 16.7 Å². The molecule has 0 N–H and O–H groups in total. The van der Waals surface area contributed by atoms with Crippen LogP contribution in [-0.2, 0) is 9.84 Å². The van der Waals surface area contributed by atoms with E-state index in [1.807, 2.05) is 25.1 Å². The van der Waals surface area contributed by atoms with Gasteiger partial charge in [0, 0.05) is 5.56 Å². The van der Waals surface area contributed by atoms with Crippen LogP contribution in [0.25, 0.3) is 11.1 Å². The van der Waals surface area contributed by atoms with E-state index in [9.17, 15) is 13.2 Å². The minimum atomic E-state index is -3.55. The van der Waals surface area contributed by atoms with Crippen LogP contribution in [-0.4, -0.2) is 14.2 Å². The van der Waals surface area contributed by atoms with Crippen molar-refractivity contribution >= 4 is 15.6 Å². The average Bonchev–Trinajstić information content (AvgIpc) is 2.62. The monoisotopic (exact) mass is 350 g/mol. The van der Waals surface area contributed by atoms with Crippen LogP contribution in [0.4, 0.5) is 0 Å². The number of rotatable bonds is 4. The van der Waals surface area contributed by atoms with Gasteiger partial charge >= 0.3 is 0 Å². The molecule has 0 unspecified atom stereocenters. The summed E-state index contributed by atoms with van der Waals surface area (Å²) in [5.74, 6) is -0.0213. The van der Waals surface area contributed by atoms with Crippen molar-refractivity contribution in [1.29, 1.82) is 0 Å². The van der Waals surface area contributed by atoms with Crippen LogP contribution in [0, 0.1) is 6.92 Å². The highest BCUT2D eigenvalue weighted by Crippen LogP contribution is 2.27. The third-order valence-electron chi connectivity index (χ3n) is 4.11. The summed E-state index contributed by atoms with van der Waals surface area (Å²) < 4.78 is 25.4. The van der Waals surface area contributed by atoms with Crippen molar-refractivity contribution < 1.29 is 13.2 Å². The largest absolute Gasteiger partial charge is 0.294 e. The first-order chi connectivity index (χ1) is 11.9. The Labute approximate surface area is 147 Å². The molecule has 0 fully saturated rings. The number of benzene rings is 3. The second-order valence-electron chi connectivity index (χ2n) is 5.94. The van der Waals surface area contributed by atoms with E-state index in [2.05, 4.69) is 0 Å². The summed E-state index contributed by atoms with van der Waals surface area (Å²) in [7, 11) is -3.55. The first kappa shape index (κ1) is 17.1. The van der Waals surface area contributed by atoms with E-state index in [0.29, 0.717) is 5.56 Å². The Morgan fingerprint density at radius 2 is 1.28 bits per heavy atom. The third-order valence-corrected chi connectivity index (χ3v) is 5.90. The van der Waals surface area contributed by atoms with Gasteiger partial charge in [0.2, 0.25) is 9.84 Å². The molecule has 126 valence electrons. The van der Waals surface area contributed by atoms with Gasteiger partial charge in [-0.1, -0.05) is 54.1 Å². The molecule has 3 rings (SSSR count). The minimum absolute atomic E-state index is 0.0213. The maximum absolute atomic E-state index is 12.7. The lowest BCUT2D eigenvalue weighted by Gasteiger charge is -2.09. The van der Waals surface area contributed by atoms with E-state index in [4.69, 9.17) is 0 Å². The fourth-order valence-corrected chi connectivity index (χ4v) is 3.97. The first-order valence-electron chi connectivity index (χ1n) is 7.92. The van der Waals surface area contributed by atoms with E-state index >= 15 is 0 Å². The third kappa shape index (κ3) is 3.39. The molecule has 3 nitrogen and oxygen atoms in total. The summed E-state index contributed by atoms with van der Waals surface area (Å²) in [6.45, 7) is 3.44. The summed E-state index contributed by atoms with van der Waals surface area (Å²) in [4.78, 5) is 12.3. The first-order valence-corrected chi connectivity index (χ1v) is 9.40. The number of sulfone groups is 1. The summed E-state index contributed by atoms with van der Waals surface area (Å²) >= 11 is 0. The van der Waals surface area contributed by atoms with E-state index in [-0.39, 0.29) is 15.6 Å². The van der Waals surface area contributed by atoms with Crippen molar-refractivity contribution in [3.8, 4) is 11.1 Å². The second kappa shape index (κ2) is 6.65. The predicted octanol–water partition coefficient (Wildman–Crippen LogP) is 4.70. The lowest BCUT2D eigenvalue weighted by molar-refractivity contribution is 0.101. The van der Waals surface area contributed by atoms with E-state index in [1.165, 1.54) is 6.92 Å². The van der Waals surface area contributed by atoms with Crippen LogP contribution >= 0.6 is 0 Å². The molecule has 0 aliphatic heterocycles. The van der Waals surface area contributed by atoms with Gasteiger partial charge in [-0.05, 0) is 49.2 Å². The van der Waals surface area contributed by atoms with E-state index in [1.54, 1.807) is 54.6 Å². The zero-order chi connectivity index (χ0) is 18.0. The topological polar surface area (TPSA) is 51.2 Å². The molecule has 0 saturated heterocycles. The standard InChI is InChI=1S/C21H18O3S/c1-15-7-11-18(12-8-15)25(23,24)19-13-9-17(10-14-19)21-6-4-3-5-20(21)16(2)22/h3-14H,1-2H3. The molecule has 0 atom stereocenters. The van der Waals surface area contributed by atoms with Crippen LogP contribution in [0.1, 0.15) is 22.8 Å². The Morgan fingerprint density at radius 1 is 0.760 bits per heavy atom. The number of aryl methyl sites for hydroxylation is 1. The summed E-state index contributed by atoms with van der Waals surface area (Å²) in [5.41, 5.74) is 3.25. The average molecular weight is 350 g/mol. The van der Waals surface area contributed by atoms with Crippen molar-refractivity contribution in [2.75, 3.05) is 0 Å². The molecule has 0 saturated carbocycles. The minimum Gasteiger partial charge on any atom is -0.294 e. The highest BCUT2D eigenvalue weighted by atomic mass is 32.2. The zero-order valence-corrected chi connectivity index (χ0v) is 14.9. The van der Waals surface area contributed by atoms with Gasteiger partial charge in [0.15, 0.2) is 5.78 Å². The molecule has 25 heavy (non-hydrogen) atoms. The Morgan fingerprint density at radius 3 is 1.84 bits per heavy atom. The molecule has 0 aliphatic carbocycles. The van der Waals surface area contributed by atoms with Gasteiger partial charge in [0.25, 0.3) is 0 Å². The van der Waals surface area contributed by atoms with Crippen molar-refractivity contribution in [3.63, 3.8) is 0 Å². The fraction of sp³-hybridized carbons (Fsp3) is 0.0952. The lowest BCUT2D eigenvalue weighted by atomic mass is 9.98. The quantitative estimate of drug-likeness (QED) is 0.641. The zero-order valence-electron chi connectivity index (χ0n) is 14.1. The van der Waals surface area contributed by atoms with Gasteiger partial charge in [-0.15, -0.1) is 0 Å². The highest BCUT2D eigenvalue weighted by molar-refractivity contribution is 7.91. The van der Waals surface area contributed by atoms with Crippen LogP contribution in [0.2, 0.25) is 0 Å². The maximum Gasteiger partial charge on any atom is 0.206 e. The van der Waals surface area contributed by atoms with Crippen LogP contribution in [0.5, 0.6) is 0 Å². The second-order valence-corrected chi connectivity index (χ2v) is 7.89. The number of hydrogen-bond donors (Lipinski definition) is 0. The molecule has 0 bridgehead atoms. The number of ketones is 1. The van der Waals surface area contributed by atoms with Gasteiger partial charge in [-0.25, -0.2) is 8.42 Å². The molecule has 3 aromatic carbocycles. The van der Waals surface area contributed by atoms with Crippen molar-refractivity contribution in [2.45, 2.75) is 23.6 Å². The summed E-state index contributed by atoms with van der Waals surface area (Å²) in [5, 5.41) is 0. The molecule has 0 heterocycles. The molecular weight excluding hydrogens is 332 g/mol. The van der Waals surface area contributed by atoms with Crippen molar-refractivity contribution in [3.05, 3.63) is 83.9 Å². The normalized spacial score (nSPS) is 11.3. The molecule has 4 heteroatoms. The van der Waals surface area contributed by atoms with Gasteiger partial charge in [0.1, 0.15) is 0 Å². The van der Waals surface area contributed by atoms with Gasteiger partial charge in [-0.2, -0.15) is 0 Å². The lowest BCUT2D eigenvalue weighted by Crippen LogP contribution is -2.02. The molecule has 0 radical (unpaired) electrons. The number of hydrogen-bond acceptors (Lipinski definition) is 3. The van der Waals surface area contributed by atoms with E-state index < -0.39 is 9.84 Å². The maximum atomic E-state index is 12.7. The van der Waals surface area contributed by atoms with Gasteiger partial charge in [0.05, 0.1) is 9.79 Å². The van der Waals surface area contributed by atoms with Gasteiger partial charge < -0.3 is 0 Å². The van der Waals surface area contributed by atoms with Crippen LogP contribution < -0.4 is 0 Å². The molecule has 3 aromatic rings. The van der Waals surface area contributed by atoms with Crippen molar-refractivity contribution in [1.82, 2.24) is 0 Å². The molecule has 0 amide bonds. The number of Topliss-reactive ketones (excluding diaryl/α,β-unsaturated/α-hetero) is 1. The van der Waals surface area contributed by atoms with Gasteiger partial charge in [-0.3, -0.25) is 4.79 Å². The molecule has 0 aromatic heterocycles. The smallest absolute Gasteiger partial charge is 0.206 e. The molecule has 0 aliphatic rings. The Kier molecular flexibility index (Phi) is 4.55. The highest BCUT2D eigenvalue weighted by Gasteiger charge is 2.17. The number of carbonyl (C=O) groups excluding carboxylic acids is 1. The summed E-state index contributed by atoms with van der Waals surface area (Å²) in [6, 6.07) is 20.8. The Bertz CT molecular complexity index is 1020. The fourth-order valence-electron chi connectivity index (χ4n) is 2.71. The Balaban J connectivity index is 2.01. The Hall–Kier alpha value is -2.72. The number of carbonyl (C=O) groups is 1. The van der Waals surface area contributed by atoms with Crippen LogP contribution in [0.3, 0.4) is 0 Å². The summed E-state index contributed by atoms with van der Waals surface area (Å²) in [6.07, 6.45) is 0. The molecular formula is C21H18O3S.